The van der Waals surface area contributed by atoms with Crippen molar-refractivity contribution in [3.8, 4) is 10.6 Å². The Morgan fingerprint density at radius 3 is 2.74 bits per heavy atom. The highest BCUT2D eigenvalue weighted by atomic mass is 32.1. The molecule has 4 rings (SSSR count). The van der Waals surface area contributed by atoms with Crippen LogP contribution in [0.5, 0.6) is 0 Å². The molecule has 0 spiro atoms. The first-order valence-electron chi connectivity index (χ1n) is 9.72. The summed E-state index contributed by atoms with van der Waals surface area (Å²) < 4.78 is 14.8. The highest BCUT2D eigenvalue weighted by molar-refractivity contribution is 7.13. The summed E-state index contributed by atoms with van der Waals surface area (Å²) in [5.74, 6) is -1.31. The molecule has 1 aliphatic heterocycles. The number of benzene rings is 1. The number of aromatic amines is 1. The Labute approximate surface area is 181 Å². The minimum atomic E-state index is -0.810. The molecule has 1 aromatic carbocycles. The average Bonchev–Trinajstić information content (AvgIpc) is 3.46. The van der Waals surface area contributed by atoms with Crippen LogP contribution in [0.1, 0.15) is 23.3 Å². The summed E-state index contributed by atoms with van der Waals surface area (Å²) in [6, 6.07) is 4.53. The minimum Gasteiger partial charge on any atom is -0.368 e. The lowest BCUT2D eigenvalue weighted by atomic mass is 9.86. The molecule has 5 N–H and O–H groups in total. The maximum atomic E-state index is 14.8. The highest BCUT2D eigenvalue weighted by Crippen LogP contribution is 2.34. The van der Waals surface area contributed by atoms with Gasteiger partial charge in [0.2, 0.25) is 5.91 Å². The van der Waals surface area contributed by atoms with Gasteiger partial charge in [0.1, 0.15) is 22.1 Å². The summed E-state index contributed by atoms with van der Waals surface area (Å²) in [7, 11) is 1.70. The molecule has 3 heterocycles. The van der Waals surface area contributed by atoms with E-state index in [4.69, 9.17) is 5.73 Å². The van der Waals surface area contributed by atoms with Gasteiger partial charge >= 0.3 is 0 Å². The van der Waals surface area contributed by atoms with Gasteiger partial charge in [-0.2, -0.15) is 5.10 Å². The molecule has 9 nitrogen and oxygen atoms in total. The van der Waals surface area contributed by atoms with Crippen LogP contribution in [0.25, 0.3) is 10.6 Å². The van der Waals surface area contributed by atoms with Crippen molar-refractivity contribution in [2.24, 2.45) is 5.73 Å². The molecule has 0 aliphatic carbocycles. The Hall–Kier alpha value is -3.31. The summed E-state index contributed by atoms with van der Waals surface area (Å²) in [5.41, 5.74) is 6.40. The number of nitrogens with zero attached hydrogens (tertiary/aromatic N) is 3. The number of para-hydroxylation sites is 1. The SMILES string of the molecule is CNC1(C(N)=O)CCN(c2c(F)cccc2NC(=O)c2csc(-c3cn[nH]c3)n2)CC1. The number of likely N-dealkylation sites (N-methyl/N-ethyl adjacent to an activating group) is 1. The Bertz CT molecular complexity index is 1090. The number of aromatic nitrogens is 3. The van der Waals surface area contributed by atoms with Crippen LogP contribution in [0.4, 0.5) is 15.8 Å². The lowest BCUT2D eigenvalue weighted by Gasteiger charge is -2.41. The standard InChI is InChI=1S/C20H22FN7O2S/c1-23-20(19(22)30)5-7-28(8-6-20)16-13(21)3-2-4-14(16)26-17(29)15-11-31-18(27-15)12-9-24-25-10-12/h2-4,9-11,23H,5-8H2,1H3,(H2,22,30)(H,24,25)(H,26,29). The van der Waals surface area contributed by atoms with Crippen molar-refractivity contribution in [1.82, 2.24) is 20.5 Å². The smallest absolute Gasteiger partial charge is 0.275 e. The molecule has 0 atom stereocenters. The number of carbonyl (C=O) groups is 2. The molecule has 2 amide bonds. The van der Waals surface area contributed by atoms with E-state index in [1.54, 1.807) is 30.9 Å². The van der Waals surface area contributed by atoms with Crippen molar-refractivity contribution in [3.63, 3.8) is 0 Å². The minimum absolute atomic E-state index is 0.234. The molecule has 3 aromatic rings. The van der Waals surface area contributed by atoms with Gasteiger partial charge in [0.25, 0.3) is 5.91 Å². The van der Waals surface area contributed by atoms with Gasteiger partial charge in [-0.25, -0.2) is 9.37 Å². The van der Waals surface area contributed by atoms with E-state index in [1.165, 1.54) is 23.5 Å². The zero-order valence-corrected chi connectivity index (χ0v) is 17.6. The molecular weight excluding hydrogens is 421 g/mol. The number of nitrogens with two attached hydrogens (primary N) is 1. The van der Waals surface area contributed by atoms with E-state index >= 15 is 0 Å². The van der Waals surface area contributed by atoms with E-state index in [0.29, 0.717) is 36.6 Å². The first-order chi connectivity index (χ1) is 14.9. The summed E-state index contributed by atoms with van der Waals surface area (Å²) in [4.78, 5) is 30.8. The van der Waals surface area contributed by atoms with Crippen molar-refractivity contribution >= 4 is 34.5 Å². The number of primary amides is 1. The fraction of sp³-hybridized carbons (Fsp3) is 0.300. The van der Waals surface area contributed by atoms with Gasteiger partial charge in [-0.15, -0.1) is 11.3 Å². The fourth-order valence-corrected chi connectivity index (χ4v) is 4.52. The quantitative estimate of drug-likeness (QED) is 0.461. The molecule has 11 heteroatoms. The predicted octanol–water partition coefficient (Wildman–Crippen LogP) is 1.97. The summed E-state index contributed by atoms with van der Waals surface area (Å²) >= 11 is 1.32. The molecule has 1 aliphatic rings. The molecule has 0 bridgehead atoms. The Morgan fingerprint density at radius 1 is 1.32 bits per heavy atom. The monoisotopic (exact) mass is 443 g/mol. The maximum absolute atomic E-state index is 14.8. The van der Waals surface area contributed by atoms with Crippen LogP contribution < -0.4 is 21.3 Å². The molecule has 0 unspecified atom stereocenters. The second-order valence-electron chi connectivity index (χ2n) is 7.30. The molecule has 1 fully saturated rings. The molecule has 0 saturated carbocycles. The lowest BCUT2D eigenvalue weighted by Crippen LogP contribution is -2.59. The van der Waals surface area contributed by atoms with Crippen molar-refractivity contribution < 1.29 is 14.0 Å². The molecule has 1 saturated heterocycles. The van der Waals surface area contributed by atoms with Crippen LogP contribution in [-0.4, -0.2) is 52.7 Å². The molecule has 162 valence electrons. The largest absolute Gasteiger partial charge is 0.368 e. The lowest BCUT2D eigenvalue weighted by molar-refractivity contribution is -0.125. The zero-order valence-electron chi connectivity index (χ0n) is 16.8. The van der Waals surface area contributed by atoms with Gasteiger partial charge < -0.3 is 21.3 Å². The van der Waals surface area contributed by atoms with Gasteiger partial charge in [0, 0.05) is 30.2 Å². The number of rotatable bonds is 6. The number of halogens is 1. The third-order valence-corrected chi connectivity index (χ3v) is 6.49. The number of H-pyrrole nitrogens is 1. The predicted molar refractivity (Wildman–Crippen MR) is 116 cm³/mol. The van der Waals surface area contributed by atoms with Crippen LogP contribution in [-0.2, 0) is 4.79 Å². The van der Waals surface area contributed by atoms with Crippen molar-refractivity contribution in [1.29, 1.82) is 0 Å². The topological polar surface area (TPSA) is 129 Å². The number of hydrogen-bond acceptors (Lipinski definition) is 7. The van der Waals surface area contributed by atoms with Crippen LogP contribution >= 0.6 is 11.3 Å². The number of anilines is 2. The van der Waals surface area contributed by atoms with E-state index in [2.05, 4.69) is 25.8 Å². The van der Waals surface area contributed by atoms with E-state index in [9.17, 15) is 14.0 Å². The first kappa shape index (κ1) is 20.9. The third kappa shape index (κ3) is 4.01. The summed E-state index contributed by atoms with van der Waals surface area (Å²) in [5, 5.41) is 14.7. The van der Waals surface area contributed by atoms with Crippen LogP contribution in [0, 0.1) is 5.82 Å². The second-order valence-corrected chi connectivity index (χ2v) is 8.16. The molecule has 2 aromatic heterocycles. The Morgan fingerprint density at radius 2 is 2.10 bits per heavy atom. The van der Waals surface area contributed by atoms with Gasteiger partial charge in [-0.3, -0.25) is 14.7 Å². The number of amides is 2. The number of thiazole rings is 1. The van der Waals surface area contributed by atoms with E-state index in [-0.39, 0.29) is 11.4 Å². The summed E-state index contributed by atoms with van der Waals surface area (Å²) in [6.45, 7) is 0.823. The number of carbonyl (C=O) groups excluding carboxylic acids is 2. The second kappa shape index (κ2) is 8.44. The van der Waals surface area contributed by atoms with Crippen molar-refractivity contribution in [2.75, 3.05) is 30.4 Å². The third-order valence-electron chi connectivity index (χ3n) is 5.60. The fourth-order valence-electron chi connectivity index (χ4n) is 3.73. The van der Waals surface area contributed by atoms with E-state index in [0.717, 1.165) is 5.56 Å². The van der Waals surface area contributed by atoms with Crippen molar-refractivity contribution in [3.05, 3.63) is 47.5 Å². The number of piperidine rings is 1. The zero-order chi connectivity index (χ0) is 22.0. The van der Waals surface area contributed by atoms with Crippen molar-refractivity contribution in [2.45, 2.75) is 18.4 Å². The Balaban J connectivity index is 1.54. The first-order valence-corrected chi connectivity index (χ1v) is 10.6. The molecule has 31 heavy (non-hydrogen) atoms. The van der Waals surface area contributed by atoms with Gasteiger partial charge in [-0.1, -0.05) is 6.07 Å². The molecular formula is C20H22FN7O2S. The normalized spacial score (nSPS) is 15.6. The van der Waals surface area contributed by atoms with Gasteiger partial charge in [0.05, 0.1) is 17.6 Å². The van der Waals surface area contributed by atoms with E-state index in [1.807, 2.05) is 4.90 Å². The molecule has 0 radical (unpaired) electrons. The summed E-state index contributed by atoms with van der Waals surface area (Å²) in [6.07, 6.45) is 4.18. The number of nitrogens with one attached hydrogen (secondary N) is 3. The van der Waals surface area contributed by atoms with Crippen LogP contribution in [0.15, 0.2) is 36.0 Å². The highest BCUT2D eigenvalue weighted by Gasteiger charge is 2.39. The van der Waals surface area contributed by atoms with Gasteiger partial charge in [0.15, 0.2) is 0 Å². The van der Waals surface area contributed by atoms with Gasteiger partial charge in [-0.05, 0) is 32.0 Å². The van der Waals surface area contributed by atoms with E-state index < -0.39 is 23.2 Å². The number of hydrogen-bond donors (Lipinski definition) is 4. The van der Waals surface area contributed by atoms with Crippen LogP contribution in [0.2, 0.25) is 0 Å². The Kier molecular flexibility index (Phi) is 5.70. The van der Waals surface area contributed by atoms with Crippen LogP contribution in [0.3, 0.4) is 0 Å². The average molecular weight is 444 g/mol. The maximum Gasteiger partial charge on any atom is 0.275 e.